The van der Waals surface area contributed by atoms with Crippen molar-refractivity contribution in [3.63, 3.8) is 0 Å². The minimum atomic E-state index is -0.611. The number of aromatic nitrogens is 3. The van der Waals surface area contributed by atoms with Crippen LogP contribution in [0.2, 0.25) is 5.02 Å². The second kappa shape index (κ2) is 10.1. The molecule has 0 aliphatic heterocycles. The number of fused-ring (bicyclic) bond motifs is 1. The van der Waals surface area contributed by atoms with Gasteiger partial charge in [-0.05, 0) is 56.6 Å². The largest absolute Gasteiger partial charge is 0.492 e. The molecule has 2 aromatic carbocycles. The predicted octanol–water partition coefficient (Wildman–Crippen LogP) is 3.99. The van der Waals surface area contributed by atoms with Crippen molar-refractivity contribution in [3.8, 4) is 16.9 Å². The smallest absolute Gasteiger partial charge is 0.293 e. The monoisotopic (exact) mass is 483 g/mol. The zero-order valence-corrected chi connectivity index (χ0v) is 19.6. The lowest BCUT2D eigenvalue weighted by Gasteiger charge is -2.13. The van der Waals surface area contributed by atoms with Crippen LogP contribution in [0.4, 0.5) is 16.0 Å². The normalized spacial score (nSPS) is 11.1. The molecule has 176 valence electrons. The van der Waals surface area contributed by atoms with Gasteiger partial charge in [0.15, 0.2) is 5.65 Å². The first-order valence-electron chi connectivity index (χ1n) is 10.4. The first kappa shape index (κ1) is 23.5. The molecule has 0 unspecified atom stereocenters. The Bertz CT molecular complexity index is 1360. The molecule has 10 heteroatoms. The molecule has 34 heavy (non-hydrogen) atoms. The van der Waals surface area contributed by atoms with Crippen molar-refractivity contribution in [2.45, 2.75) is 0 Å². The molecule has 0 fully saturated rings. The number of benzene rings is 2. The van der Waals surface area contributed by atoms with Crippen molar-refractivity contribution >= 4 is 34.3 Å². The van der Waals surface area contributed by atoms with Crippen LogP contribution < -0.4 is 20.5 Å². The molecule has 2 heterocycles. The summed E-state index contributed by atoms with van der Waals surface area (Å²) in [6, 6.07) is 13.1. The van der Waals surface area contributed by atoms with Crippen LogP contribution in [0.15, 0.2) is 59.5 Å². The first-order chi connectivity index (χ1) is 16.4. The van der Waals surface area contributed by atoms with Gasteiger partial charge < -0.3 is 19.8 Å². The Hall–Kier alpha value is -3.69. The van der Waals surface area contributed by atoms with Crippen LogP contribution >= 0.6 is 11.6 Å². The summed E-state index contributed by atoms with van der Waals surface area (Å²) in [6.45, 7) is 1.40. The number of hydrogen-bond acceptors (Lipinski definition) is 7. The number of ether oxygens (including phenoxy) is 1. The van der Waals surface area contributed by atoms with Gasteiger partial charge in [0.05, 0.1) is 10.6 Å². The molecular formula is C24H23ClFN5O3. The Morgan fingerprint density at radius 2 is 1.94 bits per heavy atom. The van der Waals surface area contributed by atoms with Gasteiger partial charge in [0.2, 0.25) is 5.95 Å². The predicted molar refractivity (Wildman–Crippen MR) is 130 cm³/mol. The van der Waals surface area contributed by atoms with Crippen molar-refractivity contribution in [1.82, 2.24) is 19.6 Å². The van der Waals surface area contributed by atoms with Crippen LogP contribution in [0, 0.1) is 5.82 Å². The molecule has 0 radical (unpaired) electrons. The molecule has 0 saturated heterocycles. The molecule has 0 aliphatic rings. The summed E-state index contributed by atoms with van der Waals surface area (Å²) in [5.41, 5.74) is 0.416. The molecule has 0 aliphatic carbocycles. The molecule has 0 spiro atoms. The summed E-state index contributed by atoms with van der Waals surface area (Å²) >= 11 is 6.17. The highest BCUT2D eigenvalue weighted by molar-refractivity contribution is 6.33. The number of nitrogens with zero attached hydrogens (tertiary/aromatic N) is 4. The standard InChI is InChI=1S/C24H23ClFN5O3/c1-30(2)11-12-34-17-9-7-16(8-10-17)28-24-27-14-15-13-18(21-19(25)5-4-6-20(21)26)23(32)31(33-3)22(15)29-24/h4-10,13-14H,11-12H2,1-3H3,(H,27,28,29). The second-order valence-electron chi connectivity index (χ2n) is 7.71. The fourth-order valence-electron chi connectivity index (χ4n) is 3.34. The summed E-state index contributed by atoms with van der Waals surface area (Å²) in [7, 11) is 5.30. The Kier molecular flexibility index (Phi) is 6.95. The summed E-state index contributed by atoms with van der Waals surface area (Å²) in [5, 5.41) is 3.69. The molecule has 4 aromatic rings. The SMILES string of the molecule is COn1c(=O)c(-c2c(F)cccc2Cl)cc2cnc(Nc3ccc(OCCN(C)C)cc3)nc21. The van der Waals surface area contributed by atoms with Gasteiger partial charge in [0, 0.05) is 29.4 Å². The number of pyridine rings is 1. The average molecular weight is 484 g/mol. The lowest BCUT2D eigenvalue weighted by atomic mass is 10.1. The molecule has 4 rings (SSSR count). The highest BCUT2D eigenvalue weighted by Crippen LogP contribution is 2.30. The summed E-state index contributed by atoms with van der Waals surface area (Å²) in [5.74, 6) is 0.398. The van der Waals surface area contributed by atoms with Crippen molar-refractivity contribution < 1.29 is 14.0 Å². The van der Waals surface area contributed by atoms with Crippen LogP contribution in [0.25, 0.3) is 22.2 Å². The van der Waals surface area contributed by atoms with Gasteiger partial charge >= 0.3 is 0 Å². The molecule has 0 bridgehead atoms. The number of nitrogens with one attached hydrogen (secondary N) is 1. The van der Waals surface area contributed by atoms with E-state index in [2.05, 4.69) is 15.3 Å². The maximum absolute atomic E-state index is 14.5. The fourth-order valence-corrected chi connectivity index (χ4v) is 3.61. The Morgan fingerprint density at radius 3 is 2.62 bits per heavy atom. The molecule has 2 aromatic heterocycles. The van der Waals surface area contributed by atoms with Gasteiger partial charge in [0.25, 0.3) is 5.56 Å². The van der Waals surface area contributed by atoms with Gasteiger partial charge in [-0.1, -0.05) is 17.7 Å². The van der Waals surface area contributed by atoms with E-state index < -0.39 is 11.4 Å². The number of likely N-dealkylation sites (N-methyl/N-ethyl adjacent to an activating group) is 1. The third-order valence-electron chi connectivity index (χ3n) is 5.04. The maximum atomic E-state index is 14.5. The van der Waals surface area contributed by atoms with Gasteiger partial charge in [-0.2, -0.15) is 4.98 Å². The highest BCUT2D eigenvalue weighted by Gasteiger charge is 2.18. The van der Waals surface area contributed by atoms with E-state index in [4.69, 9.17) is 21.2 Å². The van der Waals surface area contributed by atoms with Crippen molar-refractivity contribution in [3.05, 3.63) is 75.9 Å². The van der Waals surface area contributed by atoms with Gasteiger partial charge in [0.1, 0.15) is 25.3 Å². The Morgan fingerprint density at radius 1 is 1.18 bits per heavy atom. The summed E-state index contributed by atoms with van der Waals surface area (Å²) in [6.07, 6.45) is 1.52. The third-order valence-corrected chi connectivity index (χ3v) is 5.35. The molecular weight excluding hydrogens is 461 g/mol. The van der Waals surface area contributed by atoms with E-state index in [-0.39, 0.29) is 27.7 Å². The van der Waals surface area contributed by atoms with E-state index in [1.54, 1.807) is 0 Å². The summed E-state index contributed by atoms with van der Waals surface area (Å²) < 4.78 is 21.1. The van der Waals surface area contributed by atoms with Crippen molar-refractivity contribution in [2.75, 3.05) is 39.7 Å². The van der Waals surface area contributed by atoms with Crippen LogP contribution in [-0.2, 0) is 0 Å². The van der Waals surface area contributed by atoms with E-state index in [9.17, 15) is 9.18 Å². The van der Waals surface area contributed by atoms with Crippen molar-refractivity contribution in [2.24, 2.45) is 0 Å². The van der Waals surface area contributed by atoms with E-state index >= 15 is 0 Å². The fraction of sp³-hybridized carbons (Fsp3) is 0.208. The molecule has 0 saturated carbocycles. The summed E-state index contributed by atoms with van der Waals surface area (Å²) in [4.78, 5) is 29.1. The first-order valence-corrected chi connectivity index (χ1v) is 10.8. The highest BCUT2D eigenvalue weighted by atomic mass is 35.5. The molecule has 8 nitrogen and oxygen atoms in total. The number of hydrogen-bond donors (Lipinski definition) is 1. The zero-order chi connectivity index (χ0) is 24.2. The zero-order valence-electron chi connectivity index (χ0n) is 18.9. The second-order valence-corrected chi connectivity index (χ2v) is 8.12. The third kappa shape index (κ3) is 4.95. The lowest BCUT2D eigenvalue weighted by molar-refractivity contribution is 0.168. The quantitative estimate of drug-likeness (QED) is 0.405. The van der Waals surface area contributed by atoms with Gasteiger partial charge in [-0.15, -0.1) is 4.73 Å². The molecule has 0 amide bonds. The number of halogens is 2. The minimum Gasteiger partial charge on any atom is -0.492 e. The topological polar surface area (TPSA) is 81.5 Å². The van der Waals surface area contributed by atoms with Gasteiger partial charge in [-0.25, -0.2) is 9.37 Å². The lowest BCUT2D eigenvalue weighted by Crippen LogP contribution is -2.27. The molecule has 0 atom stereocenters. The maximum Gasteiger partial charge on any atom is 0.293 e. The average Bonchev–Trinajstić information content (AvgIpc) is 2.80. The van der Waals surface area contributed by atoms with Crippen LogP contribution in [0.5, 0.6) is 5.75 Å². The molecule has 1 N–H and O–H groups in total. The van der Waals surface area contributed by atoms with Gasteiger partial charge in [-0.3, -0.25) is 4.79 Å². The number of anilines is 2. The Balaban J connectivity index is 1.64. The van der Waals surface area contributed by atoms with Crippen LogP contribution in [0.1, 0.15) is 0 Å². The minimum absolute atomic E-state index is 0.00282. The van der Waals surface area contributed by atoms with Crippen LogP contribution in [-0.4, -0.2) is 54.0 Å². The van der Waals surface area contributed by atoms with E-state index in [0.717, 1.165) is 22.7 Å². The number of rotatable bonds is 8. The van der Waals surface area contributed by atoms with E-state index in [1.807, 2.05) is 43.3 Å². The van der Waals surface area contributed by atoms with Crippen molar-refractivity contribution in [1.29, 1.82) is 0 Å². The van der Waals surface area contributed by atoms with E-state index in [1.165, 1.54) is 37.6 Å². The van der Waals surface area contributed by atoms with Crippen LogP contribution in [0.3, 0.4) is 0 Å². The van der Waals surface area contributed by atoms with E-state index in [0.29, 0.717) is 12.0 Å². The Labute approximate surface area is 200 Å².